The van der Waals surface area contributed by atoms with Crippen molar-refractivity contribution in [1.29, 1.82) is 0 Å². The minimum absolute atomic E-state index is 0.115. The Balaban J connectivity index is 2.32. The highest BCUT2D eigenvalue weighted by atomic mass is 32.1. The van der Waals surface area contributed by atoms with Gasteiger partial charge < -0.3 is 24.8 Å². The molecule has 0 aliphatic carbocycles. The van der Waals surface area contributed by atoms with Crippen LogP contribution in [0.1, 0.15) is 26.2 Å². The largest absolute Gasteiger partial charge is 0.393 e. The Labute approximate surface area is 114 Å². The van der Waals surface area contributed by atoms with E-state index in [0.717, 1.165) is 25.0 Å². The molecule has 0 aromatic carbocycles. The minimum Gasteiger partial charge on any atom is -0.393 e. The maximum Gasteiger partial charge on any atom is 0.162 e. The van der Waals surface area contributed by atoms with Crippen LogP contribution < -0.4 is 0 Å². The van der Waals surface area contributed by atoms with Gasteiger partial charge in [-0.2, -0.15) is 12.6 Å². The lowest BCUT2D eigenvalue weighted by molar-refractivity contribution is -0.284. The van der Waals surface area contributed by atoms with E-state index < -0.39 is 24.6 Å². The smallest absolute Gasteiger partial charge is 0.162 e. The first-order chi connectivity index (χ1) is 8.55. The topological polar surface area (TPSA) is 79.2 Å². The molecule has 0 saturated carbocycles. The van der Waals surface area contributed by atoms with Crippen LogP contribution in [-0.4, -0.2) is 58.9 Å². The molecular formula is C12H24O5S. The molecule has 3 N–H and O–H groups in total. The van der Waals surface area contributed by atoms with Gasteiger partial charge in [-0.1, -0.05) is 13.3 Å². The molecule has 1 aliphatic heterocycles. The van der Waals surface area contributed by atoms with Crippen molar-refractivity contribution in [2.75, 3.05) is 25.6 Å². The summed E-state index contributed by atoms with van der Waals surface area (Å²) in [5.74, 6) is 0.499. The number of hydrogen-bond donors (Lipinski definition) is 4. The van der Waals surface area contributed by atoms with Crippen LogP contribution >= 0.6 is 12.6 Å². The van der Waals surface area contributed by atoms with Crippen molar-refractivity contribution in [2.24, 2.45) is 5.92 Å². The van der Waals surface area contributed by atoms with Crippen molar-refractivity contribution in [3.8, 4) is 0 Å². The molecular weight excluding hydrogens is 256 g/mol. The average Bonchev–Trinajstić information content (AvgIpc) is 2.38. The van der Waals surface area contributed by atoms with Gasteiger partial charge in [-0.15, -0.1) is 0 Å². The Bertz CT molecular complexity index is 241. The first-order valence-electron chi connectivity index (χ1n) is 6.40. The van der Waals surface area contributed by atoms with E-state index in [1.807, 2.05) is 0 Å². The molecule has 1 aliphatic rings. The average molecular weight is 280 g/mol. The summed E-state index contributed by atoms with van der Waals surface area (Å²) in [6.07, 6.45) is 1.46. The molecule has 18 heavy (non-hydrogen) atoms. The Morgan fingerprint density at radius 1 is 1.39 bits per heavy atom. The molecule has 6 heteroatoms. The van der Waals surface area contributed by atoms with E-state index >= 15 is 0 Å². The summed E-state index contributed by atoms with van der Waals surface area (Å²) in [6, 6.07) is 0. The van der Waals surface area contributed by atoms with Crippen LogP contribution in [0.3, 0.4) is 0 Å². The maximum absolute atomic E-state index is 9.93. The zero-order chi connectivity index (χ0) is 13.6. The lowest BCUT2D eigenvalue weighted by Gasteiger charge is -2.43. The van der Waals surface area contributed by atoms with Gasteiger partial charge in [0.05, 0.1) is 19.3 Å². The summed E-state index contributed by atoms with van der Waals surface area (Å²) in [6.45, 7) is 1.67. The first kappa shape index (κ1) is 16.2. The lowest BCUT2D eigenvalue weighted by atomic mass is 9.86. The van der Waals surface area contributed by atoms with Gasteiger partial charge in [-0.05, 0) is 18.6 Å². The highest BCUT2D eigenvalue weighted by molar-refractivity contribution is 7.80. The number of aliphatic hydroxyl groups excluding tert-OH is 2. The van der Waals surface area contributed by atoms with Crippen molar-refractivity contribution in [3.63, 3.8) is 0 Å². The molecule has 108 valence electrons. The molecule has 2 unspecified atom stereocenters. The Hall–Kier alpha value is 0.150. The van der Waals surface area contributed by atoms with Gasteiger partial charge in [0.15, 0.2) is 6.29 Å². The fourth-order valence-corrected chi connectivity index (χ4v) is 2.25. The molecule has 1 fully saturated rings. The third kappa shape index (κ3) is 4.08. The highest BCUT2D eigenvalue weighted by Gasteiger charge is 2.47. The number of rotatable bonds is 7. The second-order valence-electron chi connectivity index (χ2n) is 4.90. The molecule has 0 radical (unpaired) electrons. The number of unbranched alkanes of at least 4 members (excludes halogenated alkanes) is 2. The van der Waals surface area contributed by atoms with Crippen LogP contribution in [0, 0.1) is 5.92 Å². The monoisotopic (exact) mass is 280 g/mol. The van der Waals surface area contributed by atoms with Crippen molar-refractivity contribution in [3.05, 3.63) is 0 Å². The first-order valence-corrected chi connectivity index (χ1v) is 7.04. The Kier molecular flexibility index (Phi) is 6.90. The fourth-order valence-electron chi connectivity index (χ4n) is 2.03. The summed E-state index contributed by atoms with van der Waals surface area (Å²) < 4.78 is 10.9. The van der Waals surface area contributed by atoms with Crippen LogP contribution in [0.25, 0.3) is 0 Å². The fraction of sp³-hybridized carbons (Fsp3) is 1.00. The molecule has 0 aromatic rings. The normalized spacial score (nSPS) is 36.8. The van der Waals surface area contributed by atoms with E-state index in [1.54, 1.807) is 6.92 Å². The SMILES string of the molecule is CC1[C@H](OCCCCCS)OCC(O)(CO)[C@@H]1O. The molecule has 0 spiro atoms. The zero-order valence-electron chi connectivity index (χ0n) is 10.8. The standard InChI is InChI=1S/C12H24O5S/c1-9-10(14)12(15,7-13)8-17-11(9)16-5-3-2-4-6-18/h9-11,13-15,18H,2-8H2,1H3/t9?,10-,11-,12?/m1/s1. The Morgan fingerprint density at radius 2 is 2.11 bits per heavy atom. The third-order valence-electron chi connectivity index (χ3n) is 3.33. The maximum atomic E-state index is 9.93. The highest BCUT2D eigenvalue weighted by Crippen LogP contribution is 2.29. The summed E-state index contributed by atoms with van der Waals surface area (Å²) in [5, 5.41) is 28.9. The van der Waals surface area contributed by atoms with Crippen LogP contribution in [0.4, 0.5) is 0 Å². The zero-order valence-corrected chi connectivity index (χ0v) is 11.7. The van der Waals surface area contributed by atoms with Crippen LogP contribution in [-0.2, 0) is 9.47 Å². The van der Waals surface area contributed by atoms with E-state index in [2.05, 4.69) is 12.6 Å². The van der Waals surface area contributed by atoms with Gasteiger partial charge in [-0.25, -0.2) is 0 Å². The number of hydrogen-bond acceptors (Lipinski definition) is 6. The van der Waals surface area contributed by atoms with Crippen molar-refractivity contribution >= 4 is 12.6 Å². The summed E-state index contributed by atoms with van der Waals surface area (Å²) >= 11 is 4.13. The van der Waals surface area contributed by atoms with Crippen LogP contribution in [0.5, 0.6) is 0 Å². The summed E-state index contributed by atoms with van der Waals surface area (Å²) in [7, 11) is 0. The lowest BCUT2D eigenvalue weighted by Crippen LogP contribution is -2.60. The van der Waals surface area contributed by atoms with Gasteiger partial charge in [0.1, 0.15) is 5.60 Å². The van der Waals surface area contributed by atoms with E-state index in [1.165, 1.54) is 0 Å². The van der Waals surface area contributed by atoms with Gasteiger partial charge in [0.2, 0.25) is 0 Å². The van der Waals surface area contributed by atoms with E-state index in [0.29, 0.717) is 6.61 Å². The van der Waals surface area contributed by atoms with Gasteiger partial charge in [0, 0.05) is 12.5 Å². The molecule has 0 aromatic heterocycles. The van der Waals surface area contributed by atoms with Crippen LogP contribution in [0.2, 0.25) is 0 Å². The molecule has 0 bridgehead atoms. The van der Waals surface area contributed by atoms with Crippen molar-refractivity contribution in [1.82, 2.24) is 0 Å². The van der Waals surface area contributed by atoms with Crippen molar-refractivity contribution in [2.45, 2.75) is 44.2 Å². The predicted molar refractivity (Wildman–Crippen MR) is 70.6 cm³/mol. The molecule has 5 nitrogen and oxygen atoms in total. The van der Waals surface area contributed by atoms with E-state index in [-0.39, 0.29) is 12.5 Å². The number of thiol groups is 1. The second-order valence-corrected chi connectivity index (χ2v) is 5.35. The summed E-state index contributed by atoms with van der Waals surface area (Å²) in [5.41, 5.74) is -1.58. The number of aliphatic hydroxyl groups is 3. The third-order valence-corrected chi connectivity index (χ3v) is 3.65. The van der Waals surface area contributed by atoms with Crippen molar-refractivity contribution < 1.29 is 24.8 Å². The number of ether oxygens (including phenoxy) is 2. The van der Waals surface area contributed by atoms with Crippen LogP contribution in [0.15, 0.2) is 0 Å². The van der Waals surface area contributed by atoms with E-state index in [9.17, 15) is 10.2 Å². The molecule has 0 amide bonds. The molecule has 4 atom stereocenters. The van der Waals surface area contributed by atoms with Gasteiger partial charge in [-0.3, -0.25) is 0 Å². The molecule has 1 heterocycles. The Morgan fingerprint density at radius 3 is 2.72 bits per heavy atom. The van der Waals surface area contributed by atoms with E-state index in [4.69, 9.17) is 14.6 Å². The predicted octanol–water partition coefficient (Wildman–Crippen LogP) is 0.180. The quantitative estimate of drug-likeness (QED) is 0.395. The summed E-state index contributed by atoms with van der Waals surface area (Å²) in [4.78, 5) is 0. The van der Waals surface area contributed by atoms with Gasteiger partial charge >= 0.3 is 0 Å². The molecule has 1 rings (SSSR count). The second kappa shape index (κ2) is 7.67. The van der Waals surface area contributed by atoms with Gasteiger partial charge in [0.25, 0.3) is 0 Å². The molecule has 1 saturated heterocycles. The minimum atomic E-state index is -1.58.